The Labute approximate surface area is 245 Å². The third kappa shape index (κ3) is 7.63. The second-order valence-corrected chi connectivity index (χ2v) is 12.0. The number of nitrogens with one attached hydrogen (secondary N) is 1. The molecule has 0 heterocycles. The van der Waals surface area contributed by atoms with E-state index in [0.29, 0.717) is 35.3 Å². The molecule has 0 saturated heterocycles. The van der Waals surface area contributed by atoms with Crippen LogP contribution in [0.3, 0.4) is 0 Å². The van der Waals surface area contributed by atoms with Gasteiger partial charge in [-0.2, -0.15) is 0 Å². The fourth-order valence-corrected chi connectivity index (χ4v) is 6.50. The normalized spacial score (nSPS) is 11.9. The minimum atomic E-state index is -4.17. The maximum absolute atomic E-state index is 14.0. The minimum Gasteiger partial charge on any atom is -0.496 e. The van der Waals surface area contributed by atoms with Crippen LogP contribution in [0.1, 0.15) is 31.4 Å². The number of sulfonamides is 1. The van der Waals surface area contributed by atoms with Crippen molar-refractivity contribution in [1.29, 1.82) is 0 Å². The first-order valence-electron chi connectivity index (χ1n) is 13.2. The third-order valence-electron chi connectivity index (χ3n) is 6.53. The number of rotatable bonds is 13. The number of methoxy groups -OCH3 is 1. The first-order chi connectivity index (χ1) is 19.1. The number of likely N-dealkylation sites (N-methyl/N-ethyl adjacent to an activating group) is 1. The molecule has 40 heavy (non-hydrogen) atoms. The molecule has 214 valence electrons. The number of hydrogen-bond donors (Lipinski definition) is 1. The lowest BCUT2D eigenvalue weighted by Gasteiger charge is -2.33. The summed E-state index contributed by atoms with van der Waals surface area (Å²) in [6, 6.07) is 20.3. The molecule has 1 N–H and O–H groups in total. The number of hydrogen-bond acceptors (Lipinski definition) is 5. The molecular weight excluding hydrogens is 594 g/mol. The van der Waals surface area contributed by atoms with E-state index in [0.717, 1.165) is 15.4 Å². The molecule has 0 bridgehead atoms. The van der Waals surface area contributed by atoms with Gasteiger partial charge in [0.15, 0.2) is 0 Å². The molecular formula is C30H36BrN3O5S. The van der Waals surface area contributed by atoms with E-state index in [-0.39, 0.29) is 17.3 Å². The van der Waals surface area contributed by atoms with Crippen molar-refractivity contribution in [3.63, 3.8) is 0 Å². The highest BCUT2D eigenvalue weighted by Gasteiger charge is 2.33. The van der Waals surface area contributed by atoms with Gasteiger partial charge in [-0.3, -0.25) is 13.9 Å². The molecule has 0 spiro atoms. The molecule has 0 saturated carbocycles. The maximum atomic E-state index is 14.0. The van der Waals surface area contributed by atoms with Gasteiger partial charge in [-0.05, 0) is 78.5 Å². The van der Waals surface area contributed by atoms with Crippen molar-refractivity contribution in [2.24, 2.45) is 0 Å². The third-order valence-corrected chi connectivity index (χ3v) is 8.92. The monoisotopic (exact) mass is 629 g/mol. The van der Waals surface area contributed by atoms with Crippen LogP contribution in [-0.4, -0.2) is 57.9 Å². The average Bonchev–Trinajstić information content (AvgIpc) is 2.94. The van der Waals surface area contributed by atoms with Gasteiger partial charge in [-0.1, -0.05) is 55.0 Å². The van der Waals surface area contributed by atoms with Gasteiger partial charge < -0.3 is 15.0 Å². The summed E-state index contributed by atoms with van der Waals surface area (Å²) in [7, 11) is -2.68. The number of ether oxygens (including phenoxy) is 1. The van der Waals surface area contributed by atoms with Crippen molar-refractivity contribution in [2.45, 2.75) is 44.6 Å². The van der Waals surface area contributed by atoms with Crippen molar-refractivity contribution < 1.29 is 22.7 Å². The molecule has 0 radical (unpaired) electrons. The van der Waals surface area contributed by atoms with Gasteiger partial charge in [0.1, 0.15) is 18.3 Å². The smallest absolute Gasteiger partial charge is 0.264 e. The van der Waals surface area contributed by atoms with Crippen LogP contribution in [0, 0.1) is 6.92 Å². The SMILES string of the molecule is CCNC(=O)[C@@H](CC)N(CCc1ccccc1)C(=O)CN(c1ccc(C)cc1)S(=O)(=O)c1ccc(OC)c(Br)c1. The topological polar surface area (TPSA) is 96.0 Å². The van der Waals surface area contributed by atoms with Gasteiger partial charge >= 0.3 is 0 Å². The fraction of sp³-hybridized carbons (Fsp3) is 0.333. The zero-order valence-electron chi connectivity index (χ0n) is 23.3. The zero-order chi connectivity index (χ0) is 29.3. The van der Waals surface area contributed by atoms with Crippen LogP contribution in [0.5, 0.6) is 5.75 Å². The van der Waals surface area contributed by atoms with Crippen LogP contribution >= 0.6 is 15.9 Å². The summed E-state index contributed by atoms with van der Waals surface area (Å²) in [6.07, 6.45) is 0.903. The quantitative estimate of drug-likeness (QED) is 0.289. The van der Waals surface area contributed by atoms with Crippen molar-refractivity contribution in [2.75, 3.05) is 31.0 Å². The van der Waals surface area contributed by atoms with Crippen LogP contribution in [0.25, 0.3) is 0 Å². The van der Waals surface area contributed by atoms with Crippen LogP contribution in [0.2, 0.25) is 0 Å². The van der Waals surface area contributed by atoms with E-state index in [9.17, 15) is 18.0 Å². The second kappa shape index (κ2) is 14.3. The highest BCUT2D eigenvalue weighted by molar-refractivity contribution is 9.10. The second-order valence-electron chi connectivity index (χ2n) is 9.28. The molecule has 0 aliphatic rings. The molecule has 10 heteroatoms. The number of nitrogens with zero attached hydrogens (tertiary/aromatic N) is 2. The van der Waals surface area contributed by atoms with E-state index in [2.05, 4.69) is 21.2 Å². The standard InChI is InChI=1S/C30H36BrN3O5S/c1-5-27(30(36)32-6-2)33(19-18-23-10-8-7-9-11-23)29(35)21-34(24-14-12-22(3)13-15-24)40(37,38)25-16-17-28(39-4)26(31)20-25/h7-17,20,27H,5-6,18-19,21H2,1-4H3,(H,32,36)/t27-/m1/s1. The summed E-state index contributed by atoms with van der Waals surface area (Å²) in [5.41, 5.74) is 2.31. The van der Waals surface area contributed by atoms with E-state index in [1.54, 1.807) is 30.3 Å². The Kier molecular flexibility index (Phi) is 11.2. The molecule has 0 aliphatic heterocycles. The summed E-state index contributed by atoms with van der Waals surface area (Å²) in [6.45, 7) is 5.77. The number of anilines is 1. The molecule has 3 aromatic rings. The van der Waals surface area contributed by atoms with E-state index < -0.39 is 28.5 Å². The van der Waals surface area contributed by atoms with Crippen LogP contribution < -0.4 is 14.4 Å². The first kappa shape index (κ1) is 31.2. The molecule has 0 aromatic heterocycles. The maximum Gasteiger partial charge on any atom is 0.264 e. The zero-order valence-corrected chi connectivity index (χ0v) is 25.7. The van der Waals surface area contributed by atoms with Gasteiger partial charge in [0.2, 0.25) is 11.8 Å². The molecule has 3 aromatic carbocycles. The largest absolute Gasteiger partial charge is 0.496 e. The number of amides is 2. The Morgan fingerprint density at radius 3 is 2.25 bits per heavy atom. The Morgan fingerprint density at radius 2 is 1.68 bits per heavy atom. The number of carbonyl (C=O) groups excluding carboxylic acids is 2. The molecule has 2 amide bonds. The van der Waals surface area contributed by atoms with E-state index >= 15 is 0 Å². The van der Waals surface area contributed by atoms with Crippen LogP contribution in [0.15, 0.2) is 82.2 Å². The molecule has 0 aliphatic carbocycles. The first-order valence-corrected chi connectivity index (χ1v) is 15.4. The Bertz CT molecular complexity index is 1400. The predicted octanol–water partition coefficient (Wildman–Crippen LogP) is 4.95. The van der Waals surface area contributed by atoms with Crippen molar-refractivity contribution in [3.8, 4) is 5.75 Å². The summed E-state index contributed by atoms with van der Waals surface area (Å²) in [5.74, 6) is -0.252. The molecule has 1 atom stereocenters. The summed E-state index contributed by atoms with van der Waals surface area (Å²) in [5, 5.41) is 2.81. The van der Waals surface area contributed by atoms with Gasteiger partial charge in [0, 0.05) is 13.1 Å². The minimum absolute atomic E-state index is 0.000142. The van der Waals surface area contributed by atoms with Gasteiger partial charge in [-0.15, -0.1) is 0 Å². The highest BCUT2D eigenvalue weighted by Crippen LogP contribution is 2.31. The number of carbonyl (C=O) groups is 2. The van der Waals surface area contributed by atoms with Crippen molar-refractivity contribution >= 4 is 43.5 Å². The van der Waals surface area contributed by atoms with Crippen molar-refractivity contribution in [1.82, 2.24) is 10.2 Å². The molecule has 0 unspecified atom stereocenters. The summed E-state index contributed by atoms with van der Waals surface area (Å²) in [4.78, 5) is 28.5. The summed E-state index contributed by atoms with van der Waals surface area (Å²) >= 11 is 3.36. The van der Waals surface area contributed by atoms with E-state index in [1.807, 2.05) is 51.1 Å². The van der Waals surface area contributed by atoms with Crippen LogP contribution in [0.4, 0.5) is 5.69 Å². The lowest BCUT2D eigenvalue weighted by atomic mass is 10.1. The number of benzene rings is 3. The van der Waals surface area contributed by atoms with Gasteiger partial charge in [-0.25, -0.2) is 8.42 Å². The Morgan fingerprint density at radius 1 is 1.00 bits per heavy atom. The lowest BCUT2D eigenvalue weighted by Crippen LogP contribution is -2.53. The number of aryl methyl sites for hydroxylation is 1. The lowest BCUT2D eigenvalue weighted by molar-refractivity contribution is -0.139. The fourth-order valence-electron chi connectivity index (χ4n) is 4.36. The number of halogens is 1. The Hall–Kier alpha value is -3.37. The van der Waals surface area contributed by atoms with Gasteiger partial charge in [0.25, 0.3) is 10.0 Å². The average molecular weight is 631 g/mol. The van der Waals surface area contributed by atoms with Gasteiger partial charge in [0.05, 0.1) is 22.2 Å². The van der Waals surface area contributed by atoms with E-state index in [4.69, 9.17) is 4.74 Å². The van der Waals surface area contributed by atoms with Crippen molar-refractivity contribution in [3.05, 3.63) is 88.4 Å². The predicted molar refractivity (Wildman–Crippen MR) is 161 cm³/mol. The highest BCUT2D eigenvalue weighted by atomic mass is 79.9. The molecule has 0 fully saturated rings. The van der Waals surface area contributed by atoms with E-state index in [1.165, 1.54) is 24.1 Å². The molecule has 3 rings (SSSR count). The summed E-state index contributed by atoms with van der Waals surface area (Å²) < 4.78 is 34.8. The Balaban J connectivity index is 2.02. The van der Waals surface area contributed by atoms with Crippen LogP contribution in [-0.2, 0) is 26.0 Å². The molecule has 8 nitrogen and oxygen atoms in total.